The number of primary amides is 1. The van der Waals surface area contributed by atoms with E-state index in [0.717, 1.165) is 12.8 Å². The van der Waals surface area contributed by atoms with E-state index in [1.807, 2.05) is 18.0 Å². The molecule has 4 heterocycles. The number of likely N-dealkylation sites (tertiary alicyclic amines) is 2. The molecule has 2 aromatic heterocycles. The number of hydrogen-bond acceptors (Lipinski definition) is 13. The minimum atomic E-state index is -0.582. The summed E-state index contributed by atoms with van der Waals surface area (Å²) in [5, 5.41) is 17.3. The number of carbonyl (C=O) groups excluding carboxylic acids is 7. The Kier molecular flexibility index (Phi) is 25.0. The van der Waals surface area contributed by atoms with Crippen LogP contribution in [-0.4, -0.2) is 163 Å². The third-order valence-electron chi connectivity index (χ3n) is 11.0. The zero-order chi connectivity index (χ0) is 48.9. The zero-order valence-electron chi connectivity index (χ0n) is 39.6. The van der Waals surface area contributed by atoms with Crippen molar-refractivity contribution >= 4 is 72.7 Å². The van der Waals surface area contributed by atoms with Crippen LogP contribution >= 0.6 is 0 Å². The summed E-state index contributed by atoms with van der Waals surface area (Å²) in [5.41, 5.74) is 6.44. The van der Waals surface area contributed by atoms with E-state index in [9.17, 15) is 33.6 Å². The summed E-state index contributed by atoms with van der Waals surface area (Å²) in [7, 11) is 10.1. The molecule has 5 rings (SSSR count). The molecule has 0 aliphatic carbocycles. The van der Waals surface area contributed by atoms with E-state index in [1.165, 1.54) is 32.0 Å². The van der Waals surface area contributed by atoms with E-state index >= 15 is 0 Å². The fraction of sp³-hybridized carbons (Fsp3) is 0.545. The van der Waals surface area contributed by atoms with Crippen LogP contribution in [0.3, 0.4) is 0 Å². The van der Waals surface area contributed by atoms with Crippen LogP contribution in [0.1, 0.15) is 71.8 Å². The molecule has 4 unspecified atom stereocenters. The van der Waals surface area contributed by atoms with Gasteiger partial charge in [-0.2, -0.15) is 5.26 Å². The summed E-state index contributed by atoms with van der Waals surface area (Å²) in [4.78, 5) is 101. The number of benzene rings is 1. The van der Waals surface area contributed by atoms with E-state index in [2.05, 4.69) is 46.6 Å². The largest absolute Gasteiger partial charge is 0.445 e. The van der Waals surface area contributed by atoms with Crippen molar-refractivity contribution in [2.45, 2.75) is 91.0 Å². The van der Waals surface area contributed by atoms with Gasteiger partial charge < -0.3 is 50.8 Å². The number of carbonyl (C=O) groups is 7. The van der Waals surface area contributed by atoms with Crippen molar-refractivity contribution in [3.63, 3.8) is 0 Å². The molecule has 1 aromatic carbocycles. The molecule has 359 valence electrons. The van der Waals surface area contributed by atoms with Crippen molar-refractivity contribution in [1.82, 2.24) is 44.7 Å². The fourth-order valence-electron chi connectivity index (χ4n) is 7.15. The van der Waals surface area contributed by atoms with Gasteiger partial charge in [-0.15, -0.1) is 0 Å². The van der Waals surface area contributed by atoms with E-state index in [1.54, 1.807) is 62.4 Å². The van der Waals surface area contributed by atoms with Crippen LogP contribution in [0.5, 0.6) is 0 Å². The van der Waals surface area contributed by atoms with Crippen molar-refractivity contribution in [3.05, 3.63) is 48.4 Å². The Bertz CT molecular complexity index is 2160. The molecule has 2 saturated heterocycles. The van der Waals surface area contributed by atoms with Crippen molar-refractivity contribution in [2.75, 3.05) is 70.6 Å². The molecule has 0 saturated carbocycles. The third-order valence-corrected chi connectivity index (χ3v) is 11.0. The summed E-state index contributed by atoms with van der Waals surface area (Å²) < 4.78 is 6.88. The molecular weight excluding hydrogens is 938 g/mol. The summed E-state index contributed by atoms with van der Waals surface area (Å²) >= 11 is 0. The van der Waals surface area contributed by atoms with E-state index < -0.39 is 18.0 Å². The maximum atomic E-state index is 13.5. The number of ether oxygens (including phenoxy) is 1. The number of nitriles is 1. The number of amides is 7. The normalized spacial score (nSPS) is 16.5. The van der Waals surface area contributed by atoms with Crippen LogP contribution in [-0.2, 0) is 68.0 Å². The molecular formula is C44H64BN13O8Y. The molecule has 2 fully saturated rings. The number of hydrogen-bond donors (Lipinski definition) is 4. The quantitative estimate of drug-likeness (QED) is 0.119. The number of nitrogens with one attached hydrogen (secondary N) is 3. The molecule has 0 bridgehead atoms. The van der Waals surface area contributed by atoms with E-state index in [-0.39, 0.29) is 114 Å². The Morgan fingerprint density at radius 1 is 1.03 bits per heavy atom. The first kappa shape index (κ1) is 57.5. The molecule has 5 N–H and O–H groups in total. The topological polar surface area (TPSA) is 262 Å². The maximum absolute atomic E-state index is 13.5. The summed E-state index contributed by atoms with van der Waals surface area (Å²) in [6, 6.07) is 9.44. The van der Waals surface area contributed by atoms with Crippen LogP contribution in [0.25, 0.3) is 11.0 Å². The second-order valence-electron chi connectivity index (χ2n) is 16.3. The van der Waals surface area contributed by atoms with Gasteiger partial charge in [0.05, 0.1) is 24.0 Å². The molecule has 2 aliphatic heterocycles. The maximum Gasteiger partial charge on any atom is 0.409 e. The molecule has 7 amide bonds. The zero-order valence-corrected chi connectivity index (χ0v) is 42.5. The van der Waals surface area contributed by atoms with Crippen LogP contribution in [0.15, 0.2) is 42.9 Å². The first-order valence-electron chi connectivity index (χ1n) is 21.9. The number of piperidine rings is 1. The molecule has 0 spiro atoms. The van der Waals surface area contributed by atoms with Gasteiger partial charge in [0.1, 0.15) is 31.2 Å². The molecule has 3 aromatic rings. The monoisotopic (exact) mass is 1000 g/mol. The van der Waals surface area contributed by atoms with Gasteiger partial charge >= 0.3 is 12.1 Å². The molecule has 2 aliphatic rings. The van der Waals surface area contributed by atoms with E-state index in [4.69, 9.17) is 23.7 Å². The Labute approximate surface area is 419 Å². The number of anilines is 2. The van der Waals surface area contributed by atoms with Crippen molar-refractivity contribution in [1.29, 1.82) is 5.26 Å². The van der Waals surface area contributed by atoms with Crippen molar-refractivity contribution < 1.29 is 71.0 Å². The number of rotatable bonds is 16. The molecule has 4 atom stereocenters. The van der Waals surface area contributed by atoms with Gasteiger partial charge in [-0.05, 0) is 48.9 Å². The van der Waals surface area contributed by atoms with Gasteiger partial charge in [0.25, 0.3) is 0 Å². The minimum Gasteiger partial charge on any atom is -0.445 e. The van der Waals surface area contributed by atoms with Crippen LogP contribution < -0.4 is 26.5 Å². The number of fused-ring (bicyclic) bond motifs is 1. The predicted molar refractivity (Wildman–Crippen MR) is 249 cm³/mol. The number of nitrogens with two attached hydrogens (primary N) is 1. The molecule has 3 radical (unpaired) electrons. The number of likely N-dealkylation sites (N-methyl/N-ethyl adjacent to an activating group) is 3. The number of nitrogens with zero attached hydrogens (tertiary/aromatic N) is 9. The smallest absolute Gasteiger partial charge is 0.409 e. The van der Waals surface area contributed by atoms with Crippen LogP contribution in [0.2, 0.25) is 0 Å². The third kappa shape index (κ3) is 17.5. The fourth-order valence-corrected chi connectivity index (χ4v) is 7.15. The Balaban J connectivity index is 0.00000115. The first-order valence-corrected chi connectivity index (χ1v) is 21.9. The van der Waals surface area contributed by atoms with Gasteiger partial charge in [-0.3, -0.25) is 28.5 Å². The van der Waals surface area contributed by atoms with Gasteiger partial charge in [-0.1, -0.05) is 46.2 Å². The van der Waals surface area contributed by atoms with E-state index in [0.29, 0.717) is 60.6 Å². The Hall–Kier alpha value is -5.65. The minimum absolute atomic E-state index is 0. The summed E-state index contributed by atoms with van der Waals surface area (Å²) in [6.45, 7) is 9.89. The molecule has 23 heteroatoms. The average molecular weight is 1000 g/mol. The Morgan fingerprint density at radius 3 is 2.31 bits per heavy atom. The van der Waals surface area contributed by atoms with Crippen LogP contribution in [0.4, 0.5) is 21.1 Å². The van der Waals surface area contributed by atoms with Crippen LogP contribution in [0, 0.1) is 17.2 Å². The van der Waals surface area contributed by atoms with Gasteiger partial charge in [0, 0.05) is 111 Å². The molecule has 67 heavy (non-hydrogen) atoms. The summed E-state index contributed by atoms with van der Waals surface area (Å²) in [6.07, 6.45) is 6.57. The second-order valence-corrected chi connectivity index (χ2v) is 16.3. The Morgan fingerprint density at radius 2 is 1.70 bits per heavy atom. The van der Waals surface area contributed by atoms with Crippen molar-refractivity contribution in [2.24, 2.45) is 11.7 Å². The molecule has 21 nitrogen and oxygen atoms in total. The predicted octanol–water partition coefficient (Wildman–Crippen LogP) is 2.20. The first-order chi connectivity index (χ1) is 31.5. The average Bonchev–Trinajstić information content (AvgIpc) is 3.97. The van der Waals surface area contributed by atoms with Gasteiger partial charge in [0.15, 0.2) is 13.6 Å². The SMILES string of the molecule is CC1CCN(C(=O)CC#N)CC1N(C)c1ncnc2c1ccn2C(=O)N(C)CCN(C)C(=O)OCc1ccc(NC(=O)CNC(=O)C2CCCN2C=O)cc1.CCC.[B]NC(C)CC(N)=O.[Y]. The second kappa shape index (κ2) is 29.2. The van der Waals surface area contributed by atoms with Crippen molar-refractivity contribution in [3.8, 4) is 6.07 Å². The standard InChI is InChI=1S/C37H47N11O7.C4H9BN2O.C3H8.Y/c1-25-12-16-46(32(51)11-14-38)21-30(25)45(4)33-28-13-17-48(34(28)41-23-40-33)36(53)43(2)18-19-44(3)37(54)55-22-26-7-9-27(10-8-26)42-31(50)20-39-35(52)29-6-5-15-47(29)24-49;1-3(7-5)2-4(6)8;1-3-2;/h7-10,13,17,23-25,29-30H,5-6,11-12,15-16,18-22H2,1-4H3,(H,39,52)(H,42,50);3,7H,2H2,1H3,(H2,6,8);3H2,1-2H3;. The van der Waals surface area contributed by atoms with Gasteiger partial charge in [0.2, 0.25) is 30.0 Å². The number of aromatic nitrogens is 3. The van der Waals surface area contributed by atoms with Gasteiger partial charge in [-0.25, -0.2) is 19.6 Å². The summed E-state index contributed by atoms with van der Waals surface area (Å²) in [5.74, 6) is -0.432.